The molecule has 1 amide bonds. The number of amides is 1. The number of nitrogens with zero attached hydrogens (tertiary/aromatic N) is 2. The van der Waals surface area contributed by atoms with E-state index in [1.165, 1.54) is 0 Å². The Balaban J connectivity index is 2.99. The van der Waals surface area contributed by atoms with Crippen LogP contribution in [-0.4, -0.2) is 47.4 Å². The summed E-state index contributed by atoms with van der Waals surface area (Å²) in [6.45, 7) is 2.29. The summed E-state index contributed by atoms with van der Waals surface area (Å²) in [4.78, 5) is 18.2. The van der Waals surface area contributed by atoms with Crippen LogP contribution in [0.5, 0.6) is 0 Å². The molecule has 0 aliphatic rings. The van der Waals surface area contributed by atoms with Crippen LogP contribution in [0.2, 0.25) is 0 Å². The van der Waals surface area contributed by atoms with Crippen molar-refractivity contribution in [3.8, 4) is 11.8 Å². The second kappa shape index (κ2) is 7.82. The van der Waals surface area contributed by atoms with Crippen LogP contribution in [0.4, 0.5) is 0 Å². The lowest BCUT2D eigenvalue weighted by molar-refractivity contribution is 0.0757. The Kier molecular flexibility index (Phi) is 6.40. The molecule has 1 aromatic rings. The standard InChI is InChI=1S/C14H19N3OS/c1-11(10-19-3)17(2)14(18)13-6-8-16-9-12(13)5-4-7-15/h6,8-9,11H,7,10,15H2,1-3H3. The fourth-order valence-electron chi connectivity index (χ4n) is 1.57. The lowest BCUT2D eigenvalue weighted by atomic mass is 10.1. The van der Waals surface area contributed by atoms with Gasteiger partial charge in [0.15, 0.2) is 0 Å². The van der Waals surface area contributed by atoms with Gasteiger partial charge >= 0.3 is 0 Å². The Morgan fingerprint density at radius 2 is 2.37 bits per heavy atom. The molecular weight excluding hydrogens is 258 g/mol. The molecule has 0 aliphatic carbocycles. The van der Waals surface area contributed by atoms with Crippen molar-refractivity contribution in [3.05, 3.63) is 29.6 Å². The molecule has 102 valence electrons. The Bertz CT molecular complexity index is 493. The van der Waals surface area contributed by atoms with Crippen molar-refractivity contribution in [2.45, 2.75) is 13.0 Å². The largest absolute Gasteiger partial charge is 0.338 e. The summed E-state index contributed by atoms with van der Waals surface area (Å²) in [5.74, 6) is 6.51. The van der Waals surface area contributed by atoms with Crippen molar-refractivity contribution in [2.75, 3.05) is 25.6 Å². The number of nitrogens with two attached hydrogens (primary N) is 1. The van der Waals surface area contributed by atoms with E-state index < -0.39 is 0 Å². The van der Waals surface area contributed by atoms with Crippen LogP contribution in [0.1, 0.15) is 22.8 Å². The molecule has 0 fully saturated rings. The van der Waals surface area contributed by atoms with Crippen LogP contribution in [0.25, 0.3) is 0 Å². The number of rotatable bonds is 4. The molecule has 1 aromatic heterocycles. The van der Waals surface area contributed by atoms with Crippen LogP contribution in [0, 0.1) is 11.8 Å². The minimum atomic E-state index is -0.0368. The van der Waals surface area contributed by atoms with E-state index in [0.29, 0.717) is 11.1 Å². The number of thioether (sulfide) groups is 1. The van der Waals surface area contributed by atoms with Gasteiger partial charge in [0.1, 0.15) is 0 Å². The van der Waals surface area contributed by atoms with E-state index in [4.69, 9.17) is 5.73 Å². The van der Waals surface area contributed by atoms with E-state index in [9.17, 15) is 4.79 Å². The molecule has 0 bridgehead atoms. The summed E-state index contributed by atoms with van der Waals surface area (Å²) in [6, 6.07) is 1.87. The zero-order valence-corrected chi connectivity index (χ0v) is 12.3. The first-order chi connectivity index (χ1) is 9.11. The Labute approximate surface area is 118 Å². The number of hydrogen-bond donors (Lipinski definition) is 1. The van der Waals surface area contributed by atoms with Gasteiger partial charge in [0, 0.05) is 31.2 Å². The predicted octanol–water partition coefficient (Wildman–Crippen LogP) is 1.22. The third kappa shape index (κ3) is 4.27. The second-order valence-electron chi connectivity index (χ2n) is 4.15. The fourth-order valence-corrected chi connectivity index (χ4v) is 2.28. The van der Waals surface area contributed by atoms with Crippen molar-refractivity contribution >= 4 is 17.7 Å². The molecule has 5 heteroatoms. The number of carbonyl (C=O) groups excluding carboxylic acids is 1. The molecule has 0 saturated carbocycles. The molecule has 0 aliphatic heterocycles. The van der Waals surface area contributed by atoms with Gasteiger partial charge in [-0.05, 0) is 19.2 Å². The van der Waals surface area contributed by atoms with Crippen LogP contribution in [-0.2, 0) is 0 Å². The lowest BCUT2D eigenvalue weighted by Crippen LogP contribution is -2.37. The summed E-state index contributed by atoms with van der Waals surface area (Å²) in [6.07, 6.45) is 5.23. The highest BCUT2D eigenvalue weighted by Gasteiger charge is 2.19. The fraction of sp³-hybridized carbons (Fsp3) is 0.429. The average Bonchev–Trinajstić information content (AvgIpc) is 2.44. The minimum Gasteiger partial charge on any atom is -0.338 e. The number of carbonyl (C=O) groups is 1. The SMILES string of the molecule is CSCC(C)N(C)C(=O)c1ccncc1C#CCN. The first-order valence-corrected chi connectivity index (χ1v) is 7.40. The molecule has 1 heterocycles. The quantitative estimate of drug-likeness (QED) is 0.841. The highest BCUT2D eigenvalue weighted by Crippen LogP contribution is 2.12. The predicted molar refractivity (Wildman–Crippen MR) is 80.1 cm³/mol. The molecule has 1 rings (SSSR count). The van der Waals surface area contributed by atoms with Gasteiger partial charge in [0.05, 0.1) is 17.7 Å². The van der Waals surface area contributed by atoms with Gasteiger partial charge in [0.25, 0.3) is 5.91 Å². The van der Waals surface area contributed by atoms with Crippen LogP contribution in [0.3, 0.4) is 0 Å². The van der Waals surface area contributed by atoms with Crippen molar-refractivity contribution in [3.63, 3.8) is 0 Å². The molecule has 1 unspecified atom stereocenters. The van der Waals surface area contributed by atoms with Crippen molar-refractivity contribution in [1.29, 1.82) is 0 Å². The highest BCUT2D eigenvalue weighted by atomic mass is 32.2. The Hall–Kier alpha value is -1.51. The maximum absolute atomic E-state index is 12.4. The highest BCUT2D eigenvalue weighted by molar-refractivity contribution is 7.98. The van der Waals surface area contributed by atoms with Crippen molar-refractivity contribution in [2.24, 2.45) is 5.73 Å². The Morgan fingerprint density at radius 1 is 1.63 bits per heavy atom. The van der Waals surface area contributed by atoms with Crippen LogP contribution < -0.4 is 5.73 Å². The zero-order chi connectivity index (χ0) is 14.3. The second-order valence-corrected chi connectivity index (χ2v) is 5.06. The van der Waals surface area contributed by atoms with Gasteiger partial charge in [-0.15, -0.1) is 0 Å². The van der Waals surface area contributed by atoms with Crippen LogP contribution >= 0.6 is 11.8 Å². The molecule has 1 atom stereocenters. The first kappa shape index (κ1) is 15.5. The van der Waals surface area contributed by atoms with E-state index in [-0.39, 0.29) is 18.5 Å². The summed E-state index contributed by atoms with van der Waals surface area (Å²) in [7, 11) is 1.81. The Morgan fingerprint density at radius 3 is 3.00 bits per heavy atom. The molecule has 19 heavy (non-hydrogen) atoms. The van der Waals surface area contributed by atoms with Gasteiger partial charge in [-0.2, -0.15) is 11.8 Å². The van der Waals surface area contributed by atoms with E-state index in [1.807, 2.05) is 20.2 Å². The normalized spacial score (nSPS) is 11.4. The van der Waals surface area contributed by atoms with Gasteiger partial charge < -0.3 is 10.6 Å². The summed E-state index contributed by atoms with van der Waals surface area (Å²) in [5, 5.41) is 0. The number of hydrogen-bond acceptors (Lipinski definition) is 4. The summed E-state index contributed by atoms with van der Waals surface area (Å²) in [5.41, 5.74) is 6.56. The van der Waals surface area contributed by atoms with E-state index >= 15 is 0 Å². The zero-order valence-electron chi connectivity index (χ0n) is 11.5. The monoisotopic (exact) mass is 277 g/mol. The van der Waals surface area contributed by atoms with E-state index in [0.717, 1.165) is 5.75 Å². The molecule has 0 spiro atoms. The molecule has 0 aromatic carbocycles. The number of aromatic nitrogens is 1. The minimum absolute atomic E-state index is 0.0368. The van der Waals surface area contributed by atoms with Gasteiger partial charge in [0.2, 0.25) is 0 Å². The number of pyridine rings is 1. The maximum atomic E-state index is 12.4. The van der Waals surface area contributed by atoms with Crippen LogP contribution in [0.15, 0.2) is 18.5 Å². The molecule has 0 radical (unpaired) electrons. The maximum Gasteiger partial charge on any atom is 0.255 e. The first-order valence-electron chi connectivity index (χ1n) is 6.00. The molecule has 0 saturated heterocycles. The smallest absolute Gasteiger partial charge is 0.255 e. The van der Waals surface area contributed by atoms with Crippen molar-refractivity contribution < 1.29 is 4.79 Å². The summed E-state index contributed by atoms with van der Waals surface area (Å²) < 4.78 is 0. The van der Waals surface area contributed by atoms with E-state index in [2.05, 4.69) is 16.8 Å². The van der Waals surface area contributed by atoms with E-state index in [1.54, 1.807) is 35.1 Å². The summed E-state index contributed by atoms with van der Waals surface area (Å²) >= 11 is 1.72. The molecular formula is C14H19N3OS. The average molecular weight is 277 g/mol. The lowest BCUT2D eigenvalue weighted by Gasteiger charge is -2.24. The van der Waals surface area contributed by atoms with Crippen molar-refractivity contribution in [1.82, 2.24) is 9.88 Å². The third-order valence-electron chi connectivity index (χ3n) is 2.77. The third-order valence-corrected chi connectivity index (χ3v) is 3.58. The topological polar surface area (TPSA) is 59.2 Å². The van der Waals surface area contributed by atoms with Gasteiger partial charge in [-0.3, -0.25) is 9.78 Å². The molecule has 2 N–H and O–H groups in total. The van der Waals surface area contributed by atoms with Gasteiger partial charge in [-0.25, -0.2) is 0 Å². The van der Waals surface area contributed by atoms with Gasteiger partial charge in [-0.1, -0.05) is 11.8 Å². The molecule has 4 nitrogen and oxygen atoms in total.